The number of amides is 3. The Kier molecular flexibility index (Phi) is 6.89. The van der Waals surface area contributed by atoms with Crippen molar-refractivity contribution in [2.75, 3.05) is 10.6 Å². The molecule has 13 heteroatoms. The number of urea groups is 1. The molecule has 0 radical (unpaired) electrons. The van der Waals surface area contributed by atoms with Gasteiger partial charge in [0.05, 0.1) is 11.1 Å². The second kappa shape index (κ2) is 9.08. The molecule has 2 unspecified atom stereocenters. The number of aliphatic carboxylic acids is 1. The van der Waals surface area contributed by atoms with E-state index in [1.807, 2.05) is 0 Å². The molecular weight excluding hydrogens is 497 g/mol. The summed E-state index contributed by atoms with van der Waals surface area (Å²) < 4.78 is 31.7. The highest BCUT2D eigenvalue weighted by Crippen LogP contribution is 2.51. The first kappa shape index (κ1) is 25.8. The lowest BCUT2D eigenvalue weighted by Gasteiger charge is -2.37. The predicted octanol–water partition coefficient (Wildman–Crippen LogP) is 4.69. The smallest absolute Gasteiger partial charge is 0.475 e. The van der Waals surface area contributed by atoms with Crippen molar-refractivity contribution in [3.05, 3.63) is 45.3 Å². The SMILES string of the molecule is CC12CCC(C)(N1)c1sc(NC(=O)Nc3ccc(Cl)cc3)c(C(N)=O)c1C2.O=C(O)C(F)(F)F. The van der Waals surface area contributed by atoms with Gasteiger partial charge in [-0.05, 0) is 62.9 Å². The first-order chi connectivity index (χ1) is 15.6. The summed E-state index contributed by atoms with van der Waals surface area (Å²) in [6, 6.07) is 6.38. The van der Waals surface area contributed by atoms with Crippen molar-refractivity contribution < 1.29 is 32.7 Å². The maximum absolute atomic E-state index is 12.4. The number of nitrogens with one attached hydrogen (secondary N) is 3. The van der Waals surface area contributed by atoms with E-state index in [0.29, 0.717) is 21.3 Å². The molecule has 2 bridgehead atoms. The summed E-state index contributed by atoms with van der Waals surface area (Å²) in [5.41, 5.74) is 7.46. The van der Waals surface area contributed by atoms with Crippen LogP contribution < -0.4 is 21.7 Å². The molecule has 34 heavy (non-hydrogen) atoms. The molecule has 8 nitrogen and oxygen atoms in total. The quantitative estimate of drug-likeness (QED) is 0.402. The highest BCUT2D eigenvalue weighted by Gasteiger charge is 2.50. The number of thiophene rings is 1. The van der Waals surface area contributed by atoms with Gasteiger partial charge in [0.15, 0.2) is 0 Å². The number of carbonyl (C=O) groups is 3. The zero-order valence-corrected chi connectivity index (χ0v) is 19.7. The van der Waals surface area contributed by atoms with Crippen LogP contribution in [0.3, 0.4) is 0 Å². The number of rotatable bonds is 3. The van der Waals surface area contributed by atoms with Crippen LogP contribution in [0.5, 0.6) is 0 Å². The molecule has 2 atom stereocenters. The summed E-state index contributed by atoms with van der Waals surface area (Å²) in [5.74, 6) is -3.27. The van der Waals surface area contributed by atoms with E-state index in [-0.39, 0.29) is 11.1 Å². The van der Waals surface area contributed by atoms with Gasteiger partial charge in [0.2, 0.25) is 0 Å². The summed E-state index contributed by atoms with van der Waals surface area (Å²) in [4.78, 5) is 34.6. The fourth-order valence-corrected chi connectivity index (χ4v) is 5.71. The largest absolute Gasteiger partial charge is 0.490 e. The van der Waals surface area contributed by atoms with Crippen LogP contribution in [0, 0.1) is 0 Å². The van der Waals surface area contributed by atoms with Crippen LogP contribution in [0.4, 0.5) is 28.7 Å². The summed E-state index contributed by atoms with van der Waals surface area (Å²) in [7, 11) is 0. The summed E-state index contributed by atoms with van der Waals surface area (Å²) in [6.07, 6.45) is -2.32. The number of anilines is 2. The Bertz CT molecular complexity index is 1140. The highest BCUT2D eigenvalue weighted by molar-refractivity contribution is 7.17. The van der Waals surface area contributed by atoms with Gasteiger partial charge in [-0.15, -0.1) is 11.3 Å². The van der Waals surface area contributed by atoms with Crippen LogP contribution in [0.15, 0.2) is 24.3 Å². The number of alkyl halides is 3. The average molecular weight is 519 g/mol. The van der Waals surface area contributed by atoms with E-state index in [2.05, 4.69) is 29.8 Å². The monoisotopic (exact) mass is 518 g/mol. The summed E-state index contributed by atoms with van der Waals surface area (Å²) >= 11 is 7.30. The predicted molar refractivity (Wildman–Crippen MR) is 122 cm³/mol. The van der Waals surface area contributed by atoms with Crippen molar-refractivity contribution >= 4 is 51.5 Å². The van der Waals surface area contributed by atoms with Gasteiger partial charge in [-0.1, -0.05) is 11.6 Å². The van der Waals surface area contributed by atoms with E-state index in [1.54, 1.807) is 24.3 Å². The van der Waals surface area contributed by atoms with Gasteiger partial charge in [0.1, 0.15) is 5.00 Å². The number of fused-ring (bicyclic) bond motifs is 4. The molecule has 1 aromatic heterocycles. The van der Waals surface area contributed by atoms with Gasteiger partial charge in [-0.25, -0.2) is 9.59 Å². The van der Waals surface area contributed by atoms with Gasteiger partial charge < -0.3 is 21.5 Å². The minimum atomic E-state index is -5.08. The van der Waals surface area contributed by atoms with Crippen molar-refractivity contribution in [2.24, 2.45) is 5.73 Å². The molecule has 1 aromatic carbocycles. The first-order valence-corrected chi connectivity index (χ1v) is 11.2. The van der Waals surface area contributed by atoms with Crippen LogP contribution in [0.2, 0.25) is 5.02 Å². The topological polar surface area (TPSA) is 134 Å². The number of hydrogen-bond acceptors (Lipinski definition) is 5. The number of hydrogen-bond donors (Lipinski definition) is 5. The number of nitrogens with two attached hydrogens (primary N) is 1. The highest BCUT2D eigenvalue weighted by atomic mass is 35.5. The lowest BCUT2D eigenvalue weighted by Crippen LogP contribution is -2.50. The van der Waals surface area contributed by atoms with Crippen molar-refractivity contribution in [1.29, 1.82) is 0 Å². The zero-order valence-electron chi connectivity index (χ0n) is 18.1. The van der Waals surface area contributed by atoms with Gasteiger partial charge in [0, 0.05) is 21.1 Å². The van der Waals surface area contributed by atoms with Gasteiger partial charge in [0.25, 0.3) is 5.91 Å². The molecular formula is C21H22ClF3N4O4S. The number of carbonyl (C=O) groups excluding carboxylic acids is 2. The molecule has 2 aromatic rings. The molecule has 6 N–H and O–H groups in total. The Labute approximate surface area is 201 Å². The zero-order chi connectivity index (χ0) is 25.5. The normalized spacial score (nSPS) is 22.8. The number of carboxylic acid groups (broad SMARTS) is 1. The van der Waals surface area contributed by atoms with E-state index < -0.39 is 24.1 Å². The maximum Gasteiger partial charge on any atom is 0.490 e. The number of primary amides is 1. The molecule has 1 fully saturated rings. The number of halogens is 4. The van der Waals surface area contributed by atoms with Gasteiger partial charge >= 0.3 is 18.2 Å². The van der Waals surface area contributed by atoms with Crippen molar-refractivity contribution in [3.63, 3.8) is 0 Å². The minimum absolute atomic E-state index is 0.0458. The molecule has 0 aliphatic carbocycles. The fourth-order valence-electron chi connectivity index (χ4n) is 4.24. The maximum atomic E-state index is 12.4. The van der Waals surface area contributed by atoms with E-state index >= 15 is 0 Å². The van der Waals surface area contributed by atoms with E-state index in [0.717, 1.165) is 29.7 Å². The number of benzene rings is 1. The third-order valence-corrected chi connectivity index (χ3v) is 7.31. The van der Waals surface area contributed by atoms with Crippen molar-refractivity contribution in [3.8, 4) is 0 Å². The summed E-state index contributed by atoms with van der Waals surface area (Å²) in [5, 5.41) is 17.5. The van der Waals surface area contributed by atoms with Crippen LogP contribution in [0.25, 0.3) is 0 Å². The Balaban J connectivity index is 0.000000406. The Morgan fingerprint density at radius 1 is 1.15 bits per heavy atom. The van der Waals surface area contributed by atoms with Crippen LogP contribution in [-0.2, 0) is 16.8 Å². The molecule has 4 rings (SSSR count). The minimum Gasteiger partial charge on any atom is -0.475 e. The first-order valence-electron chi connectivity index (χ1n) is 10.0. The lowest BCUT2D eigenvalue weighted by atomic mass is 9.86. The van der Waals surface area contributed by atoms with Gasteiger partial charge in [-0.2, -0.15) is 13.2 Å². The van der Waals surface area contributed by atoms with Crippen LogP contribution in [0.1, 0.15) is 47.5 Å². The molecule has 3 amide bonds. The van der Waals surface area contributed by atoms with E-state index in [9.17, 15) is 22.8 Å². The van der Waals surface area contributed by atoms with E-state index in [4.69, 9.17) is 27.2 Å². The molecule has 3 heterocycles. The Morgan fingerprint density at radius 2 is 1.74 bits per heavy atom. The molecule has 0 saturated carbocycles. The molecule has 1 saturated heterocycles. The Morgan fingerprint density at radius 3 is 2.26 bits per heavy atom. The molecule has 2 aliphatic rings. The van der Waals surface area contributed by atoms with Crippen molar-refractivity contribution in [2.45, 2.75) is 50.4 Å². The molecule has 0 spiro atoms. The summed E-state index contributed by atoms with van der Waals surface area (Å²) in [6.45, 7) is 4.32. The number of carboxylic acids is 1. The average Bonchev–Trinajstić information content (AvgIpc) is 3.19. The second-order valence-corrected chi connectivity index (χ2v) is 10.0. The third kappa shape index (κ3) is 5.45. The molecule has 184 valence electrons. The fraction of sp³-hybridized carbons (Fsp3) is 0.381. The Hall–Kier alpha value is -2.83. The van der Waals surface area contributed by atoms with Crippen LogP contribution in [-0.4, -0.2) is 34.7 Å². The van der Waals surface area contributed by atoms with Crippen LogP contribution >= 0.6 is 22.9 Å². The van der Waals surface area contributed by atoms with E-state index in [1.165, 1.54) is 11.3 Å². The third-order valence-electron chi connectivity index (χ3n) is 5.65. The lowest BCUT2D eigenvalue weighted by molar-refractivity contribution is -0.192. The van der Waals surface area contributed by atoms with Gasteiger partial charge in [-0.3, -0.25) is 10.1 Å². The van der Waals surface area contributed by atoms with Crippen molar-refractivity contribution in [1.82, 2.24) is 5.32 Å². The molecule has 2 aliphatic heterocycles. The second-order valence-electron chi connectivity index (χ2n) is 8.56. The standard InChI is InChI=1S/C19H21ClN4O2S.C2HF3O2/c1-18-7-8-19(2,24-18)14-12(9-18)13(15(21)25)16(27-14)23-17(26)22-11-5-3-10(20)4-6-11;3-2(4,5)1(6)7/h3-6,24H,7-9H2,1-2H3,(H2,21,25)(H2,22,23,26);(H,6,7).